The van der Waals surface area contributed by atoms with Crippen LogP contribution in [0.1, 0.15) is 11.3 Å². The molecule has 0 aliphatic heterocycles. The second-order valence-electron chi connectivity index (χ2n) is 4.69. The van der Waals surface area contributed by atoms with Gasteiger partial charge in [-0.2, -0.15) is 13.2 Å². The average molecular weight is 310 g/mol. The van der Waals surface area contributed by atoms with Gasteiger partial charge in [0.1, 0.15) is 18.1 Å². The van der Waals surface area contributed by atoms with Crippen LogP contribution in [-0.2, 0) is 12.8 Å². The van der Waals surface area contributed by atoms with E-state index < -0.39 is 17.6 Å². The second kappa shape index (κ2) is 5.36. The van der Waals surface area contributed by atoms with Gasteiger partial charge in [0.05, 0.1) is 5.56 Å². The van der Waals surface area contributed by atoms with Gasteiger partial charge in [-0.3, -0.25) is 0 Å². The fourth-order valence-electron chi connectivity index (χ4n) is 2.07. The largest absolute Gasteiger partial charge is 0.486 e. The summed E-state index contributed by atoms with van der Waals surface area (Å²) in [5.74, 6) is -0.101. The summed E-state index contributed by atoms with van der Waals surface area (Å²) in [5, 5.41) is 0.572. The molecule has 3 rings (SSSR count). The molecule has 22 heavy (non-hydrogen) atoms. The van der Waals surface area contributed by atoms with Crippen LogP contribution in [0.15, 0.2) is 52.9 Å². The van der Waals surface area contributed by atoms with Crippen molar-refractivity contribution < 1.29 is 26.7 Å². The van der Waals surface area contributed by atoms with Gasteiger partial charge < -0.3 is 9.15 Å². The average Bonchev–Trinajstić information content (AvgIpc) is 2.89. The van der Waals surface area contributed by atoms with Gasteiger partial charge in [-0.25, -0.2) is 4.39 Å². The van der Waals surface area contributed by atoms with Crippen LogP contribution in [0.4, 0.5) is 17.6 Å². The Morgan fingerprint density at radius 3 is 2.50 bits per heavy atom. The minimum atomic E-state index is -4.43. The first kappa shape index (κ1) is 14.4. The molecule has 1 aromatic heterocycles. The van der Waals surface area contributed by atoms with E-state index in [9.17, 15) is 17.6 Å². The van der Waals surface area contributed by atoms with E-state index in [1.54, 1.807) is 18.2 Å². The molecule has 2 aromatic carbocycles. The number of hydrogen-bond donors (Lipinski definition) is 0. The molecular weight excluding hydrogens is 300 g/mol. The van der Waals surface area contributed by atoms with Crippen molar-refractivity contribution in [2.45, 2.75) is 12.8 Å². The van der Waals surface area contributed by atoms with Crippen molar-refractivity contribution in [2.75, 3.05) is 0 Å². The molecule has 0 aliphatic rings. The predicted molar refractivity (Wildman–Crippen MR) is 71.9 cm³/mol. The molecule has 0 amide bonds. The Hall–Kier alpha value is -2.50. The fraction of sp³-hybridized carbons (Fsp3) is 0.125. The van der Waals surface area contributed by atoms with E-state index in [1.807, 2.05) is 0 Å². The van der Waals surface area contributed by atoms with Crippen LogP contribution in [0.25, 0.3) is 11.0 Å². The maximum atomic E-state index is 13.5. The molecule has 0 atom stereocenters. The first-order valence-corrected chi connectivity index (χ1v) is 6.40. The lowest BCUT2D eigenvalue weighted by atomic mass is 10.2. The molecule has 0 saturated heterocycles. The number of fused-ring (bicyclic) bond motifs is 1. The minimum absolute atomic E-state index is 0.0655. The Kier molecular flexibility index (Phi) is 3.52. The zero-order valence-electron chi connectivity index (χ0n) is 11.2. The van der Waals surface area contributed by atoms with Gasteiger partial charge in [0, 0.05) is 5.39 Å². The van der Waals surface area contributed by atoms with Crippen molar-refractivity contribution in [2.24, 2.45) is 0 Å². The lowest BCUT2D eigenvalue weighted by Crippen LogP contribution is -2.05. The van der Waals surface area contributed by atoms with Gasteiger partial charge in [-0.15, -0.1) is 0 Å². The fourth-order valence-corrected chi connectivity index (χ4v) is 2.07. The van der Waals surface area contributed by atoms with Crippen LogP contribution in [0, 0.1) is 5.82 Å². The molecule has 3 aromatic rings. The summed E-state index contributed by atoms with van der Waals surface area (Å²) in [7, 11) is 0. The minimum Gasteiger partial charge on any atom is -0.486 e. The highest BCUT2D eigenvalue weighted by molar-refractivity contribution is 5.78. The molecule has 0 spiro atoms. The van der Waals surface area contributed by atoms with E-state index in [1.165, 1.54) is 18.2 Å². The number of halogens is 4. The number of para-hydroxylation sites is 1. The van der Waals surface area contributed by atoms with E-state index in [0.29, 0.717) is 11.1 Å². The second-order valence-corrected chi connectivity index (χ2v) is 4.69. The number of alkyl halides is 3. The van der Waals surface area contributed by atoms with Crippen LogP contribution in [0.2, 0.25) is 0 Å². The Balaban J connectivity index is 1.78. The molecule has 0 radical (unpaired) electrons. The maximum Gasteiger partial charge on any atom is 0.416 e. The molecule has 0 saturated carbocycles. The van der Waals surface area contributed by atoms with Crippen LogP contribution >= 0.6 is 0 Å². The number of ether oxygens (including phenoxy) is 1. The third-order valence-electron chi connectivity index (χ3n) is 3.09. The summed E-state index contributed by atoms with van der Waals surface area (Å²) >= 11 is 0. The third-order valence-corrected chi connectivity index (χ3v) is 3.09. The highest BCUT2D eigenvalue weighted by Gasteiger charge is 2.30. The van der Waals surface area contributed by atoms with Crippen LogP contribution in [0.5, 0.6) is 5.75 Å². The zero-order valence-corrected chi connectivity index (χ0v) is 11.2. The summed E-state index contributed by atoms with van der Waals surface area (Å²) in [6.45, 7) is -0.0879. The molecule has 0 aliphatic carbocycles. The first-order valence-electron chi connectivity index (χ1n) is 6.40. The van der Waals surface area contributed by atoms with Gasteiger partial charge in [0.2, 0.25) is 0 Å². The van der Waals surface area contributed by atoms with Crippen molar-refractivity contribution >= 4 is 11.0 Å². The number of furan rings is 1. The van der Waals surface area contributed by atoms with Gasteiger partial charge in [0.25, 0.3) is 0 Å². The number of rotatable bonds is 3. The summed E-state index contributed by atoms with van der Waals surface area (Å²) in [4.78, 5) is 0. The summed E-state index contributed by atoms with van der Waals surface area (Å²) in [6, 6.07) is 10.6. The molecule has 6 heteroatoms. The highest BCUT2D eigenvalue weighted by Crippen LogP contribution is 2.31. The van der Waals surface area contributed by atoms with Crippen molar-refractivity contribution in [1.29, 1.82) is 0 Å². The van der Waals surface area contributed by atoms with E-state index in [2.05, 4.69) is 0 Å². The van der Waals surface area contributed by atoms with Crippen molar-refractivity contribution in [1.82, 2.24) is 0 Å². The Bertz CT molecular complexity index is 805. The van der Waals surface area contributed by atoms with E-state index in [-0.39, 0.29) is 17.9 Å². The SMILES string of the molecule is Fc1cccc2cc(COc3cccc(C(F)(F)F)c3)oc12. The summed E-state index contributed by atoms with van der Waals surface area (Å²) in [6.07, 6.45) is -4.43. The molecular formula is C16H10F4O2. The van der Waals surface area contributed by atoms with E-state index in [0.717, 1.165) is 12.1 Å². The van der Waals surface area contributed by atoms with Crippen LogP contribution in [0.3, 0.4) is 0 Å². The third kappa shape index (κ3) is 2.90. The van der Waals surface area contributed by atoms with Crippen LogP contribution < -0.4 is 4.74 Å². The molecule has 1 heterocycles. The predicted octanol–water partition coefficient (Wildman–Crippen LogP) is 5.17. The smallest absolute Gasteiger partial charge is 0.416 e. The van der Waals surface area contributed by atoms with Gasteiger partial charge in [-0.05, 0) is 30.3 Å². The molecule has 0 unspecified atom stereocenters. The highest BCUT2D eigenvalue weighted by atomic mass is 19.4. The zero-order chi connectivity index (χ0) is 15.7. The van der Waals surface area contributed by atoms with E-state index in [4.69, 9.17) is 9.15 Å². The van der Waals surface area contributed by atoms with Crippen molar-refractivity contribution in [3.8, 4) is 5.75 Å². The van der Waals surface area contributed by atoms with Gasteiger partial charge >= 0.3 is 6.18 Å². The monoisotopic (exact) mass is 310 g/mol. The summed E-state index contributed by atoms with van der Waals surface area (Å²) in [5.41, 5.74) is -0.689. The quantitative estimate of drug-likeness (QED) is 0.623. The van der Waals surface area contributed by atoms with Crippen LogP contribution in [-0.4, -0.2) is 0 Å². The van der Waals surface area contributed by atoms with E-state index >= 15 is 0 Å². The standard InChI is InChI=1S/C16H10F4O2/c17-14-6-1-3-10-7-13(22-15(10)14)9-21-12-5-2-4-11(8-12)16(18,19)20/h1-8H,9H2. The first-order chi connectivity index (χ1) is 10.4. The molecule has 0 bridgehead atoms. The van der Waals surface area contributed by atoms with Gasteiger partial charge in [-0.1, -0.05) is 18.2 Å². The lowest BCUT2D eigenvalue weighted by Gasteiger charge is -2.09. The Labute approximate surface area is 122 Å². The Morgan fingerprint density at radius 1 is 1.00 bits per heavy atom. The van der Waals surface area contributed by atoms with Crippen molar-refractivity contribution in [3.63, 3.8) is 0 Å². The molecule has 0 fully saturated rings. The number of benzene rings is 2. The van der Waals surface area contributed by atoms with Gasteiger partial charge in [0.15, 0.2) is 11.4 Å². The molecule has 2 nitrogen and oxygen atoms in total. The normalized spacial score (nSPS) is 11.8. The number of hydrogen-bond acceptors (Lipinski definition) is 2. The van der Waals surface area contributed by atoms with Crippen molar-refractivity contribution in [3.05, 3.63) is 65.7 Å². The molecule has 114 valence electrons. The Morgan fingerprint density at radius 2 is 1.77 bits per heavy atom. The molecule has 0 N–H and O–H groups in total. The summed E-state index contributed by atoms with van der Waals surface area (Å²) < 4.78 is 61.9. The maximum absolute atomic E-state index is 13.5. The topological polar surface area (TPSA) is 22.4 Å². The lowest BCUT2D eigenvalue weighted by molar-refractivity contribution is -0.137.